The third-order valence-corrected chi connectivity index (χ3v) is 5.37. The van der Waals surface area contributed by atoms with Gasteiger partial charge in [0.05, 0.1) is 6.04 Å². The fourth-order valence-electron chi connectivity index (χ4n) is 3.58. The molecule has 1 fully saturated rings. The van der Waals surface area contributed by atoms with Gasteiger partial charge in [-0.2, -0.15) is 0 Å². The molecule has 7 nitrogen and oxygen atoms in total. The van der Waals surface area contributed by atoms with E-state index in [9.17, 15) is 9.59 Å². The van der Waals surface area contributed by atoms with E-state index in [0.717, 1.165) is 38.3 Å². The Morgan fingerprint density at radius 2 is 1.55 bits per heavy atom. The molecular formula is C24H33N5O2. The highest BCUT2D eigenvalue weighted by Crippen LogP contribution is 2.17. The summed E-state index contributed by atoms with van der Waals surface area (Å²) in [5.74, 6) is -0.124. The molecule has 1 heterocycles. The van der Waals surface area contributed by atoms with E-state index in [2.05, 4.69) is 44.9 Å². The lowest BCUT2D eigenvalue weighted by Crippen LogP contribution is -2.47. The number of piperazine rings is 1. The monoisotopic (exact) mass is 423 g/mol. The number of amides is 3. The summed E-state index contributed by atoms with van der Waals surface area (Å²) in [6, 6.07) is 16.8. The number of likely N-dealkylation sites (N-methyl/N-ethyl adjacent to an activating group) is 1. The Morgan fingerprint density at radius 1 is 0.903 bits per heavy atom. The average Bonchev–Trinajstić information content (AvgIpc) is 2.75. The quantitative estimate of drug-likeness (QED) is 0.640. The number of nitrogens with one attached hydrogen (secondary N) is 3. The van der Waals surface area contributed by atoms with Gasteiger partial charge in [0.1, 0.15) is 0 Å². The van der Waals surface area contributed by atoms with Crippen molar-refractivity contribution >= 4 is 17.6 Å². The molecule has 1 saturated heterocycles. The highest BCUT2D eigenvalue weighted by molar-refractivity contribution is 5.95. The average molecular weight is 424 g/mol. The zero-order valence-electron chi connectivity index (χ0n) is 18.6. The van der Waals surface area contributed by atoms with Crippen molar-refractivity contribution in [3.8, 4) is 0 Å². The number of carbonyl (C=O) groups is 2. The van der Waals surface area contributed by atoms with E-state index >= 15 is 0 Å². The van der Waals surface area contributed by atoms with Crippen LogP contribution in [0.5, 0.6) is 0 Å². The standard InChI is InChI=1S/C24H33N5O2/c1-18(2)25-24(31)26-21-11-9-20(10-12-21)23(30)27-22(19-7-5-4-6-8-19)17-29-15-13-28(3)14-16-29/h4-12,18,22H,13-17H2,1-3H3,(H,27,30)(H2,25,26,31). The maximum Gasteiger partial charge on any atom is 0.319 e. The van der Waals surface area contributed by atoms with Crippen LogP contribution in [0.25, 0.3) is 0 Å². The van der Waals surface area contributed by atoms with Crippen LogP contribution in [-0.4, -0.2) is 67.6 Å². The maximum atomic E-state index is 13.0. The van der Waals surface area contributed by atoms with Crippen molar-refractivity contribution in [3.63, 3.8) is 0 Å². The fraction of sp³-hybridized carbons (Fsp3) is 0.417. The minimum absolute atomic E-state index is 0.0558. The van der Waals surface area contributed by atoms with Crippen LogP contribution >= 0.6 is 0 Å². The summed E-state index contributed by atoms with van der Waals surface area (Å²) in [6.07, 6.45) is 0. The minimum atomic E-state index is -0.261. The summed E-state index contributed by atoms with van der Waals surface area (Å²) >= 11 is 0. The molecule has 0 radical (unpaired) electrons. The van der Waals surface area contributed by atoms with Crippen LogP contribution in [0.3, 0.4) is 0 Å². The lowest BCUT2D eigenvalue weighted by molar-refractivity contribution is 0.0907. The number of hydrogen-bond acceptors (Lipinski definition) is 4. The number of urea groups is 1. The van der Waals surface area contributed by atoms with Gasteiger partial charge in [-0.15, -0.1) is 0 Å². The molecule has 1 aliphatic heterocycles. The number of nitrogens with zero attached hydrogens (tertiary/aromatic N) is 2. The molecule has 166 valence electrons. The van der Waals surface area contributed by atoms with E-state index in [1.54, 1.807) is 24.3 Å². The first-order chi connectivity index (χ1) is 14.9. The molecule has 2 aromatic rings. The van der Waals surface area contributed by atoms with Crippen molar-refractivity contribution in [1.29, 1.82) is 0 Å². The first-order valence-electron chi connectivity index (χ1n) is 10.8. The normalized spacial score (nSPS) is 16.0. The van der Waals surface area contributed by atoms with Gasteiger partial charge >= 0.3 is 6.03 Å². The van der Waals surface area contributed by atoms with Crippen molar-refractivity contribution in [2.75, 3.05) is 45.1 Å². The molecular weight excluding hydrogens is 390 g/mol. The van der Waals surface area contributed by atoms with Crippen molar-refractivity contribution in [3.05, 3.63) is 65.7 Å². The number of hydrogen-bond donors (Lipinski definition) is 3. The first-order valence-corrected chi connectivity index (χ1v) is 10.8. The van der Waals surface area contributed by atoms with Crippen LogP contribution in [0.2, 0.25) is 0 Å². The topological polar surface area (TPSA) is 76.7 Å². The predicted molar refractivity (Wildman–Crippen MR) is 124 cm³/mol. The van der Waals surface area contributed by atoms with Crippen LogP contribution in [-0.2, 0) is 0 Å². The summed E-state index contributed by atoms with van der Waals surface area (Å²) in [4.78, 5) is 29.5. The summed E-state index contributed by atoms with van der Waals surface area (Å²) in [6.45, 7) is 8.64. The lowest BCUT2D eigenvalue weighted by Gasteiger charge is -2.35. The Labute approximate surface area is 184 Å². The minimum Gasteiger partial charge on any atom is -0.344 e. The number of anilines is 1. The Morgan fingerprint density at radius 3 is 2.16 bits per heavy atom. The van der Waals surface area contributed by atoms with E-state index < -0.39 is 0 Å². The molecule has 1 unspecified atom stereocenters. The van der Waals surface area contributed by atoms with E-state index in [0.29, 0.717) is 11.3 Å². The summed E-state index contributed by atoms with van der Waals surface area (Å²) in [5, 5.41) is 8.75. The second-order valence-electron chi connectivity index (χ2n) is 8.37. The molecule has 3 rings (SSSR count). The van der Waals surface area contributed by atoms with E-state index in [1.807, 2.05) is 32.0 Å². The van der Waals surface area contributed by atoms with Gasteiger partial charge in [0.15, 0.2) is 0 Å². The van der Waals surface area contributed by atoms with Crippen LogP contribution in [0.4, 0.5) is 10.5 Å². The van der Waals surface area contributed by atoms with Gasteiger partial charge in [0, 0.05) is 50.0 Å². The van der Waals surface area contributed by atoms with Crippen molar-refractivity contribution in [2.45, 2.75) is 25.9 Å². The second kappa shape index (κ2) is 10.9. The van der Waals surface area contributed by atoms with Crippen LogP contribution in [0.1, 0.15) is 35.8 Å². The summed E-state index contributed by atoms with van der Waals surface area (Å²) < 4.78 is 0. The second-order valence-corrected chi connectivity index (χ2v) is 8.37. The number of carbonyl (C=O) groups excluding carboxylic acids is 2. The molecule has 2 aromatic carbocycles. The number of rotatable bonds is 7. The van der Waals surface area contributed by atoms with Crippen LogP contribution in [0, 0.1) is 0 Å². The van der Waals surface area contributed by atoms with Gasteiger partial charge in [-0.3, -0.25) is 9.69 Å². The molecule has 31 heavy (non-hydrogen) atoms. The van der Waals surface area contributed by atoms with Crippen LogP contribution < -0.4 is 16.0 Å². The zero-order valence-corrected chi connectivity index (χ0v) is 18.6. The van der Waals surface area contributed by atoms with Crippen molar-refractivity contribution < 1.29 is 9.59 Å². The molecule has 1 aliphatic rings. The molecule has 3 N–H and O–H groups in total. The van der Waals surface area contributed by atoms with Crippen LogP contribution in [0.15, 0.2) is 54.6 Å². The van der Waals surface area contributed by atoms with Gasteiger partial charge in [-0.05, 0) is 50.7 Å². The Balaban J connectivity index is 1.65. The molecule has 0 aromatic heterocycles. The Hall–Kier alpha value is -2.90. The van der Waals surface area contributed by atoms with Gasteiger partial charge in [-0.25, -0.2) is 4.79 Å². The molecule has 0 bridgehead atoms. The van der Waals surface area contributed by atoms with E-state index in [1.165, 1.54) is 0 Å². The molecule has 0 spiro atoms. The predicted octanol–water partition coefficient (Wildman–Crippen LogP) is 2.94. The smallest absolute Gasteiger partial charge is 0.319 e. The van der Waals surface area contributed by atoms with E-state index in [-0.39, 0.29) is 24.0 Å². The maximum absolute atomic E-state index is 13.0. The fourth-order valence-corrected chi connectivity index (χ4v) is 3.58. The van der Waals surface area contributed by atoms with Gasteiger partial charge in [0.2, 0.25) is 0 Å². The van der Waals surface area contributed by atoms with Crippen molar-refractivity contribution in [2.24, 2.45) is 0 Å². The van der Waals surface area contributed by atoms with Gasteiger partial charge in [-0.1, -0.05) is 30.3 Å². The molecule has 3 amide bonds. The highest BCUT2D eigenvalue weighted by Gasteiger charge is 2.21. The molecule has 0 aliphatic carbocycles. The zero-order chi connectivity index (χ0) is 22.2. The third-order valence-electron chi connectivity index (χ3n) is 5.37. The lowest BCUT2D eigenvalue weighted by atomic mass is 10.0. The number of benzene rings is 2. The first kappa shape index (κ1) is 22.8. The molecule has 1 atom stereocenters. The largest absolute Gasteiger partial charge is 0.344 e. The summed E-state index contributed by atoms with van der Waals surface area (Å²) in [7, 11) is 2.14. The molecule has 7 heteroatoms. The summed E-state index contributed by atoms with van der Waals surface area (Å²) in [5.41, 5.74) is 2.30. The third kappa shape index (κ3) is 7.08. The van der Waals surface area contributed by atoms with Gasteiger partial charge < -0.3 is 20.9 Å². The van der Waals surface area contributed by atoms with E-state index in [4.69, 9.17) is 0 Å². The molecule has 0 saturated carbocycles. The van der Waals surface area contributed by atoms with Crippen molar-refractivity contribution in [1.82, 2.24) is 20.4 Å². The SMILES string of the molecule is CC(C)NC(=O)Nc1ccc(C(=O)NC(CN2CCN(C)CC2)c2ccccc2)cc1. The van der Waals surface area contributed by atoms with Gasteiger partial charge in [0.25, 0.3) is 5.91 Å². The Bertz CT molecular complexity index is 846. The highest BCUT2D eigenvalue weighted by atomic mass is 16.2. The Kier molecular flexibility index (Phi) is 8.03.